The fourth-order valence-electron chi connectivity index (χ4n) is 2.28. The van der Waals surface area contributed by atoms with Crippen LogP contribution in [-0.2, 0) is 4.79 Å². The Hall–Kier alpha value is -2.40. The second kappa shape index (κ2) is 7.93. The number of aromatic nitrogens is 2. The first kappa shape index (κ1) is 17.9. The Labute approximate surface area is 143 Å². The molecular formula is C19H25N3O2. The van der Waals surface area contributed by atoms with Gasteiger partial charge in [0.1, 0.15) is 0 Å². The number of imidazole rings is 1. The quantitative estimate of drug-likeness (QED) is 0.769. The second-order valence-corrected chi connectivity index (χ2v) is 6.28. The molecule has 0 saturated heterocycles. The minimum atomic E-state index is -0.898. The zero-order chi connectivity index (χ0) is 17.6. The molecule has 2 atom stereocenters. The highest BCUT2D eigenvalue weighted by Gasteiger charge is 2.26. The zero-order valence-electron chi connectivity index (χ0n) is 14.4. The third-order valence-corrected chi connectivity index (χ3v) is 4.42. The summed E-state index contributed by atoms with van der Waals surface area (Å²) in [6.07, 6.45) is 9.45. The lowest BCUT2D eigenvalue weighted by molar-refractivity contribution is -0.118. The number of nitrogens with zero attached hydrogens (tertiary/aromatic N) is 2. The molecule has 2 unspecified atom stereocenters. The van der Waals surface area contributed by atoms with E-state index in [1.807, 2.05) is 48.9 Å². The number of hydrogen-bond donors (Lipinski definition) is 2. The fourth-order valence-corrected chi connectivity index (χ4v) is 2.28. The van der Waals surface area contributed by atoms with E-state index in [9.17, 15) is 9.90 Å². The van der Waals surface area contributed by atoms with Gasteiger partial charge in [-0.15, -0.1) is 0 Å². The van der Waals surface area contributed by atoms with Gasteiger partial charge in [0, 0.05) is 30.7 Å². The number of amides is 1. The Morgan fingerprint density at radius 3 is 2.71 bits per heavy atom. The Bertz CT molecular complexity index is 673. The normalized spacial score (nSPS) is 15.2. The summed E-state index contributed by atoms with van der Waals surface area (Å²) < 4.78 is 1.91. The summed E-state index contributed by atoms with van der Waals surface area (Å²) in [6, 6.07) is 7.81. The average Bonchev–Trinajstić information content (AvgIpc) is 3.12. The van der Waals surface area contributed by atoms with E-state index in [0.717, 1.165) is 17.7 Å². The van der Waals surface area contributed by atoms with Gasteiger partial charge in [-0.25, -0.2) is 4.98 Å². The summed E-state index contributed by atoms with van der Waals surface area (Å²) in [5, 5.41) is 13.0. The summed E-state index contributed by atoms with van der Waals surface area (Å²) in [7, 11) is 0. The van der Waals surface area contributed by atoms with Crippen molar-refractivity contribution in [1.82, 2.24) is 14.9 Å². The van der Waals surface area contributed by atoms with Gasteiger partial charge in [0.25, 0.3) is 0 Å². The molecule has 24 heavy (non-hydrogen) atoms. The van der Waals surface area contributed by atoms with Crippen LogP contribution in [0.15, 0.2) is 49.1 Å². The maximum absolute atomic E-state index is 11.9. The van der Waals surface area contributed by atoms with E-state index in [4.69, 9.17) is 0 Å². The number of rotatable bonds is 7. The monoisotopic (exact) mass is 327 g/mol. The van der Waals surface area contributed by atoms with Gasteiger partial charge >= 0.3 is 0 Å². The van der Waals surface area contributed by atoms with Crippen LogP contribution < -0.4 is 5.32 Å². The van der Waals surface area contributed by atoms with E-state index < -0.39 is 5.60 Å². The van der Waals surface area contributed by atoms with Crippen LogP contribution in [0, 0.1) is 5.92 Å². The molecule has 0 spiro atoms. The van der Waals surface area contributed by atoms with Crippen LogP contribution in [0.1, 0.15) is 32.8 Å². The van der Waals surface area contributed by atoms with Gasteiger partial charge in [-0.2, -0.15) is 0 Å². The molecule has 0 aliphatic carbocycles. The maximum Gasteiger partial charge on any atom is 0.244 e. The maximum atomic E-state index is 11.9. The van der Waals surface area contributed by atoms with Crippen LogP contribution >= 0.6 is 0 Å². The van der Waals surface area contributed by atoms with Gasteiger partial charge in [0.2, 0.25) is 5.91 Å². The summed E-state index contributed by atoms with van der Waals surface area (Å²) in [6.45, 7) is 5.99. The van der Waals surface area contributed by atoms with Crippen molar-refractivity contribution in [1.29, 1.82) is 0 Å². The van der Waals surface area contributed by atoms with Gasteiger partial charge in [0.05, 0.1) is 11.9 Å². The first-order valence-corrected chi connectivity index (χ1v) is 8.19. The third-order valence-electron chi connectivity index (χ3n) is 4.42. The summed E-state index contributed by atoms with van der Waals surface area (Å²) >= 11 is 0. The molecule has 1 aromatic carbocycles. The Balaban J connectivity index is 1.90. The smallest absolute Gasteiger partial charge is 0.244 e. The second-order valence-electron chi connectivity index (χ2n) is 6.28. The van der Waals surface area contributed by atoms with E-state index >= 15 is 0 Å². The molecule has 0 radical (unpaired) electrons. The van der Waals surface area contributed by atoms with Crippen molar-refractivity contribution in [3.63, 3.8) is 0 Å². The van der Waals surface area contributed by atoms with Gasteiger partial charge in [0.15, 0.2) is 0 Å². The number of benzene rings is 1. The SMILES string of the molecule is CCC(C)C(C)(O)CNC(=O)C=Cc1ccc(-n2ccnc2)cc1. The minimum absolute atomic E-state index is 0.123. The highest BCUT2D eigenvalue weighted by Crippen LogP contribution is 2.18. The van der Waals surface area contributed by atoms with Crippen LogP contribution in [-0.4, -0.2) is 32.7 Å². The van der Waals surface area contributed by atoms with Crippen LogP contribution in [0.5, 0.6) is 0 Å². The predicted molar refractivity (Wildman–Crippen MR) is 95.7 cm³/mol. The van der Waals surface area contributed by atoms with Gasteiger partial charge in [-0.1, -0.05) is 32.4 Å². The standard InChI is InChI=1S/C19H25N3O2/c1-4-15(2)19(3,24)13-21-18(23)10-7-16-5-8-17(9-6-16)22-12-11-20-14-22/h5-12,14-15,24H,4,13H2,1-3H3,(H,21,23). The zero-order valence-corrected chi connectivity index (χ0v) is 14.4. The highest BCUT2D eigenvalue weighted by atomic mass is 16.3. The van der Waals surface area contributed by atoms with Crippen LogP contribution in [0.4, 0.5) is 0 Å². The summed E-state index contributed by atoms with van der Waals surface area (Å²) in [5.74, 6) is -0.0882. The fraction of sp³-hybridized carbons (Fsp3) is 0.368. The van der Waals surface area contributed by atoms with Crippen molar-refractivity contribution in [3.8, 4) is 5.69 Å². The van der Waals surface area contributed by atoms with Crippen LogP contribution in [0.3, 0.4) is 0 Å². The number of carbonyl (C=O) groups excluding carboxylic acids is 1. The lowest BCUT2D eigenvalue weighted by Gasteiger charge is -2.29. The van der Waals surface area contributed by atoms with Crippen molar-refractivity contribution in [2.75, 3.05) is 6.54 Å². The van der Waals surface area contributed by atoms with E-state index in [1.165, 1.54) is 6.08 Å². The molecule has 2 aromatic rings. The molecule has 128 valence electrons. The molecule has 0 aliphatic heterocycles. The Morgan fingerprint density at radius 1 is 1.42 bits per heavy atom. The van der Waals surface area contributed by atoms with E-state index in [0.29, 0.717) is 0 Å². The van der Waals surface area contributed by atoms with Crippen molar-refractivity contribution in [3.05, 3.63) is 54.6 Å². The Kier molecular flexibility index (Phi) is 5.93. The van der Waals surface area contributed by atoms with E-state index in [2.05, 4.69) is 10.3 Å². The number of hydrogen-bond acceptors (Lipinski definition) is 3. The van der Waals surface area contributed by atoms with Gasteiger partial charge < -0.3 is 15.0 Å². The largest absolute Gasteiger partial charge is 0.388 e. The summed E-state index contributed by atoms with van der Waals surface area (Å²) in [5.41, 5.74) is 1.05. The molecule has 0 bridgehead atoms. The first-order valence-electron chi connectivity index (χ1n) is 8.19. The minimum Gasteiger partial charge on any atom is -0.388 e. The van der Waals surface area contributed by atoms with Crippen LogP contribution in [0.2, 0.25) is 0 Å². The molecule has 5 heteroatoms. The van der Waals surface area contributed by atoms with E-state index in [-0.39, 0.29) is 18.4 Å². The molecule has 2 N–H and O–H groups in total. The molecule has 0 saturated carbocycles. The van der Waals surface area contributed by atoms with E-state index in [1.54, 1.807) is 25.5 Å². The van der Waals surface area contributed by atoms with Crippen molar-refractivity contribution >= 4 is 12.0 Å². The summed E-state index contributed by atoms with van der Waals surface area (Å²) in [4.78, 5) is 15.9. The molecule has 1 aromatic heterocycles. The third kappa shape index (κ3) is 4.80. The molecule has 5 nitrogen and oxygen atoms in total. The first-order chi connectivity index (χ1) is 11.4. The van der Waals surface area contributed by atoms with Crippen molar-refractivity contribution < 1.29 is 9.90 Å². The average molecular weight is 327 g/mol. The lowest BCUT2D eigenvalue weighted by Crippen LogP contribution is -2.44. The number of nitrogens with one attached hydrogen (secondary N) is 1. The highest BCUT2D eigenvalue weighted by molar-refractivity contribution is 5.91. The molecule has 1 heterocycles. The Morgan fingerprint density at radius 2 is 2.12 bits per heavy atom. The van der Waals surface area contributed by atoms with Gasteiger partial charge in [-0.05, 0) is 36.6 Å². The lowest BCUT2D eigenvalue weighted by atomic mass is 9.89. The van der Waals surface area contributed by atoms with Crippen molar-refractivity contribution in [2.24, 2.45) is 5.92 Å². The molecule has 2 rings (SSSR count). The molecular weight excluding hydrogens is 302 g/mol. The van der Waals surface area contributed by atoms with Gasteiger partial charge in [-0.3, -0.25) is 4.79 Å². The molecule has 0 aliphatic rings. The van der Waals surface area contributed by atoms with Crippen molar-refractivity contribution in [2.45, 2.75) is 32.8 Å². The topological polar surface area (TPSA) is 67.2 Å². The predicted octanol–water partition coefficient (Wildman–Crippen LogP) is 2.80. The molecule has 1 amide bonds. The van der Waals surface area contributed by atoms with Crippen LogP contribution in [0.25, 0.3) is 11.8 Å². The number of aliphatic hydroxyl groups is 1. The molecule has 0 fully saturated rings. The number of carbonyl (C=O) groups is 1.